The molecule has 0 radical (unpaired) electrons. The van der Waals surface area contributed by atoms with Crippen molar-refractivity contribution in [3.8, 4) is 0 Å². The molecule has 1 atom stereocenters. The molecule has 0 fully saturated rings. The van der Waals surface area contributed by atoms with Crippen LogP contribution in [-0.2, 0) is 0 Å². The first-order valence-electron chi connectivity index (χ1n) is 7.42. The summed E-state index contributed by atoms with van der Waals surface area (Å²) in [6.45, 7) is 2.05. The predicted molar refractivity (Wildman–Crippen MR) is 87.3 cm³/mol. The lowest BCUT2D eigenvalue weighted by atomic mass is 10.0. The minimum atomic E-state index is -0.328. The van der Waals surface area contributed by atoms with Crippen molar-refractivity contribution in [2.24, 2.45) is 0 Å². The molecule has 114 valence electrons. The summed E-state index contributed by atoms with van der Waals surface area (Å²) in [6.07, 6.45) is 3.45. The van der Waals surface area contributed by atoms with E-state index in [-0.39, 0.29) is 11.9 Å². The Morgan fingerprint density at radius 1 is 1.09 bits per heavy atom. The van der Waals surface area contributed by atoms with Crippen LogP contribution < -0.4 is 5.32 Å². The second kappa shape index (κ2) is 5.35. The summed E-state index contributed by atoms with van der Waals surface area (Å²) >= 11 is 0. The van der Waals surface area contributed by atoms with E-state index in [9.17, 15) is 4.39 Å². The number of benzene rings is 2. The molecule has 23 heavy (non-hydrogen) atoms. The number of rotatable bonds is 2. The monoisotopic (exact) mass is 306 g/mol. The van der Waals surface area contributed by atoms with Gasteiger partial charge in [-0.25, -0.2) is 9.07 Å². The van der Waals surface area contributed by atoms with Crippen molar-refractivity contribution in [1.29, 1.82) is 0 Å². The quantitative estimate of drug-likeness (QED) is 0.783. The minimum absolute atomic E-state index is 0.250. The second-order valence-corrected chi connectivity index (χ2v) is 5.57. The zero-order valence-electron chi connectivity index (χ0n) is 12.6. The molecule has 2 aromatic carbocycles. The van der Waals surface area contributed by atoms with Crippen LogP contribution in [-0.4, -0.2) is 14.8 Å². The third kappa shape index (κ3) is 2.40. The van der Waals surface area contributed by atoms with Gasteiger partial charge in [-0.3, -0.25) is 0 Å². The summed E-state index contributed by atoms with van der Waals surface area (Å²) in [4.78, 5) is 4.23. The van der Waals surface area contributed by atoms with Gasteiger partial charge in [0, 0.05) is 11.3 Å². The molecule has 4 nitrogen and oxygen atoms in total. The Labute approximate surface area is 133 Å². The van der Waals surface area contributed by atoms with E-state index in [1.165, 1.54) is 18.0 Å². The van der Waals surface area contributed by atoms with Crippen molar-refractivity contribution >= 4 is 11.6 Å². The van der Waals surface area contributed by atoms with Crippen molar-refractivity contribution in [2.75, 3.05) is 5.32 Å². The van der Waals surface area contributed by atoms with E-state index >= 15 is 0 Å². The molecule has 0 saturated heterocycles. The van der Waals surface area contributed by atoms with Gasteiger partial charge in [-0.05, 0) is 24.6 Å². The van der Waals surface area contributed by atoms with Crippen molar-refractivity contribution in [3.63, 3.8) is 0 Å². The summed E-state index contributed by atoms with van der Waals surface area (Å²) in [6, 6.07) is 14.6. The molecule has 1 unspecified atom stereocenters. The van der Waals surface area contributed by atoms with Crippen LogP contribution in [0.1, 0.15) is 22.7 Å². The smallest absolute Gasteiger partial charge is 0.226 e. The SMILES string of the molecule is Cc1ccc(C2=CC(c3ccccc3F)n3ncnc3N2)cc1. The number of aromatic nitrogens is 3. The van der Waals surface area contributed by atoms with Gasteiger partial charge in [0.2, 0.25) is 5.95 Å². The molecule has 4 rings (SSSR count). The van der Waals surface area contributed by atoms with Crippen LogP contribution in [0, 0.1) is 12.7 Å². The zero-order valence-corrected chi connectivity index (χ0v) is 12.6. The zero-order chi connectivity index (χ0) is 15.8. The van der Waals surface area contributed by atoms with E-state index < -0.39 is 0 Å². The van der Waals surface area contributed by atoms with E-state index in [4.69, 9.17) is 0 Å². The van der Waals surface area contributed by atoms with Gasteiger partial charge in [0.05, 0.1) is 0 Å². The van der Waals surface area contributed by atoms with E-state index in [1.807, 2.05) is 31.2 Å². The van der Waals surface area contributed by atoms with E-state index in [0.717, 1.165) is 11.3 Å². The average molecular weight is 306 g/mol. The number of anilines is 1. The molecule has 0 aliphatic carbocycles. The molecule has 1 aliphatic rings. The Bertz CT molecular complexity index is 880. The molecule has 0 spiro atoms. The first kappa shape index (κ1) is 13.7. The molecule has 2 heterocycles. The van der Waals surface area contributed by atoms with Crippen molar-refractivity contribution < 1.29 is 4.39 Å². The van der Waals surface area contributed by atoms with Crippen LogP contribution in [0.3, 0.4) is 0 Å². The van der Waals surface area contributed by atoms with E-state index in [0.29, 0.717) is 11.5 Å². The standard InChI is InChI=1S/C18H15FN4/c1-12-6-8-13(9-7-12)16-10-17(14-4-2-3-5-15(14)19)23-18(22-16)20-11-21-23/h2-11,17H,1H3,(H,20,21,22). The van der Waals surface area contributed by atoms with Crippen LogP contribution in [0.15, 0.2) is 60.9 Å². The van der Waals surface area contributed by atoms with Crippen molar-refractivity contribution in [1.82, 2.24) is 14.8 Å². The maximum absolute atomic E-state index is 14.2. The first-order chi connectivity index (χ1) is 11.2. The van der Waals surface area contributed by atoms with Gasteiger partial charge in [-0.15, -0.1) is 0 Å². The maximum atomic E-state index is 14.2. The fourth-order valence-corrected chi connectivity index (χ4v) is 2.77. The van der Waals surface area contributed by atoms with Crippen LogP contribution >= 0.6 is 0 Å². The number of allylic oxidation sites excluding steroid dienone is 1. The predicted octanol–water partition coefficient (Wildman–Crippen LogP) is 3.78. The minimum Gasteiger partial charge on any atom is -0.324 e. The summed E-state index contributed by atoms with van der Waals surface area (Å²) in [5, 5.41) is 7.49. The van der Waals surface area contributed by atoms with E-state index in [2.05, 4.69) is 27.5 Å². The summed E-state index contributed by atoms with van der Waals surface area (Å²) in [7, 11) is 0. The van der Waals surface area contributed by atoms with Gasteiger partial charge >= 0.3 is 0 Å². The largest absolute Gasteiger partial charge is 0.324 e. The van der Waals surface area contributed by atoms with Gasteiger partial charge in [0.1, 0.15) is 18.2 Å². The molecule has 1 aliphatic heterocycles. The second-order valence-electron chi connectivity index (χ2n) is 5.57. The summed E-state index contributed by atoms with van der Waals surface area (Å²) in [5.74, 6) is 0.358. The number of nitrogens with zero attached hydrogens (tertiary/aromatic N) is 3. The number of fused-ring (bicyclic) bond motifs is 1. The Morgan fingerprint density at radius 3 is 2.65 bits per heavy atom. The maximum Gasteiger partial charge on any atom is 0.226 e. The molecule has 0 bridgehead atoms. The highest BCUT2D eigenvalue weighted by Crippen LogP contribution is 2.32. The Hall–Kier alpha value is -2.95. The highest BCUT2D eigenvalue weighted by atomic mass is 19.1. The Balaban J connectivity index is 1.83. The lowest BCUT2D eigenvalue weighted by Gasteiger charge is -2.24. The van der Waals surface area contributed by atoms with Gasteiger partial charge in [0.25, 0.3) is 0 Å². The van der Waals surface area contributed by atoms with Gasteiger partial charge < -0.3 is 5.32 Å². The third-order valence-electron chi connectivity index (χ3n) is 3.99. The fourth-order valence-electron chi connectivity index (χ4n) is 2.77. The van der Waals surface area contributed by atoms with Crippen LogP contribution in [0.5, 0.6) is 0 Å². The molecular formula is C18H15FN4. The highest BCUT2D eigenvalue weighted by Gasteiger charge is 2.25. The van der Waals surface area contributed by atoms with Crippen LogP contribution in [0.4, 0.5) is 10.3 Å². The molecule has 0 amide bonds. The number of aryl methyl sites for hydroxylation is 1. The van der Waals surface area contributed by atoms with Gasteiger partial charge in [-0.2, -0.15) is 10.1 Å². The molecule has 1 N–H and O–H groups in total. The van der Waals surface area contributed by atoms with Crippen molar-refractivity contribution in [2.45, 2.75) is 13.0 Å². The topological polar surface area (TPSA) is 42.7 Å². The fraction of sp³-hybridized carbons (Fsp3) is 0.111. The van der Waals surface area contributed by atoms with Crippen molar-refractivity contribution in [3.05, 3.63) is 83.4 Å². The Morgan fingerprint density at radius 2 is 1.87 bits per heavy atom. The average Bonchev–Trinajstić information content (AvgIpc) is 3.04. The molecule has 3 aromatic rings. The van der Waals surface area contributed by atoms with Gasteiger partial charge in [-0.1, -0.05) is 48.0 Å². The molecule has 5 heteroatoms. The number of hydrogen-bond donors (Lipinski definition) is 1. The van der Waals surface area contributed by atoms with Crippen LogP contribution in [0.2, 0.25) is 0 Å². The Kier molecular flexibility index (Phi) is 3.19. The highest BCUT2D eigenvalue weighted by molar-refractivity contribution is 5.77. The van der Waals surface area contributed by atoms with E-state index in [1.54, 1.807) is 16.8 Å². The molecule has 0 saturated carbocycles. The number of nitrogens with one attached hydrogen (secondary N) is 1. The molecular weight excluding hydrogens is 291 g/mol. The number of hydrogen-bond acceptors (Lipinski definition) is 3. The third-order valence-corrected chi connectivity index (χ3v) is 3.99. The summed E-state index contributed by atoms with van der Waals surface area (Å²) < 4.78 is 15.9. The number of halogens is 1. The molecule has 1 aromatic heterocycles. The lowest BCUT2D eigenvalue weighted by Crippen LogP contribution is -2.21. The first-order valence-corrected chi connectivity index (χ1v) is 7.42. The summed E-state index contributed by atoms with van der Waals surface area (Å²) in [5.41, 5.74) is 3.70. The lowest BCUT2D eigenvalue weighted by molar-refractivity contribution is 0.551. The van der Waals surface area contributed by atoms with Crippen LogP contribution in [0.25, 0.3) is 5.70 Å². The van der Waals surface area contributed by atoms with Gasteiger partial charge in [0.15, 0.2) is 0 Å². The normalized spacial score (nSPS) is 16.4.